The van der Waals surface area contributed by atoms with Gasteiger partial charge in [-0.1, -0.05) is 27.4 Å². The Bertz CT molecular complexity index is 532. The van der Waals surface area contributed by atoms with Crippen molar-refractivity contribution in [3.8, 4) is 0 Å². The Morgan fingerprint density at radius 2 is 1.41 bits per heavy atom. The molecule has 0 aliphatic heterocycles. The first-order valence-electron chi connectivity index (χ1n) is 9.07. The standard InChI is InChI=1S/C16H32N2O.CHF3O3S/c1-6-11-18(12-7-2,13-8-3)14-9-10-17-16(19)15(4)5;2-1(3,4)8(5,6)7/h4,6-14H2,1-3,5H3;(H,5,6,7). The second kappa shape index (κ2) is 13.1. The van der Waals surface area contributed by atoms with Gasteiger partial charge in [0.2, 0.25) is 5.91 Å². The first-order valence-corrected chi connectivity index (χ1v) is 10.5. The van der Waals surface area contributed by atoms with Crippen LogP contribution in [0.2, 0.25) is 0 Å². The predicted octanol–water partition coefficient (Wildman–Crippen LogP) is 3.17. The van der Waals surface area contributed by atoms with Crippen molar-refractivity contribution in [3.05, 3.63) is 12.2 Å². The molecule has 162 valence electrons. The monoisotopic (exact) mass is 418 g/mol. The van der Waals surface area contributed by atoms with Crippen molar-refractivity contribution in [2.45, 2.75) is 58.9 Å². The maximum absolute atomic E-state index is 11.4. The molecule has 0 spiro atoms. The van der Waals surface area contributed by atoms with Crippen LogP contribution < -0.4 is 5.32 Å². The molecule has 0 aromatic heterocycles. The third-order valence-corrected chi connectivity index (χ3v) is 4.43. The second-order valence-corrected chi connectivity index (χ2v) is 7.90. The molecular formula is C17H33F3N2O4S. The molecule has 0 aromatic rings. The molecule has 6 nitrogen and oxygen atoms in total. The number of carbonyl (C=O) groups excluding carboxylic acids is 1. The van der Waals surface area contributed by atoms with E-state index >= 15 is 0 Å². The van der Waals surface area contributed by atoms with Gasteiger partial charge in [0.05, 0.1) is 26.2 Å². The van der Waals surface area contributed by atoms with Crippen LogP contribution in [0, 0.1) is 0 Å². The first-order chi connectivity index (χ1) is 12.3. The third kappa shape index (κ3) is 12.8. The normalized spacial score (nSPS) is 12.1. The van der Waals surface area contributed by atoms with Crippen molar-refractivity contribution >= 4 is 16.0 Å². The molecule has 1 amide bonds. The fraction of sp³-hybridized carbons (Fsp3) is 0.824. The van der Waals surface area contributed by atoms with Crippen LogP contribution in [0.4, 0.5) is 13.2 Å². The van der Waals surface area contributed by atoms with Crippen LogP contribution >= 0.6 is 0 Å². The summed E-state index contributed by atoms with van der Waals surface area (Å²) in [4.78, 5) is 11.4. The van der Waals surface area contributed by atoms with Crippen molar-refractivity contribution in [1.29, 1.82) is 0 Å². The summed E-state index contributed by atoms with van der Waals surface area (Å²) in [7, 11) is -6.09. The lowest BCUT2D eigenvalue weighted by molar-refractivity contribution is -0.928. The molecule has 0 atom stereocenters. The van der Waals surface area contributed by atoms with Crippen LogP contribution in [-0.2, 0) is 14.9 Å². The van der Waals surface area contributed by atoms with Gasteiger partial charge in [-0.25, -0.2) is 8.42 Å². The number of hydrogen-bond donors (Lipinski definition) is 1. The number of alkyl halides is 3. The van der Waals surface area contributed by atoms with Crippen LogP contribution in [0.5, 0.6) is 0 Å². The maximum atomic E-state index is 11.4. The summed E-state index contributed by atoms with van der Waals surface area (Å²) in [6, 6.07) is 0. The van der Waals surface area contributed by atoms with E-state index < -0.39 is 15.6 Å². The van der Waals surface area contributed by atoms with Gasteiger partial charge in [0.1, 0.15) is 0 Å². The average Bonchev–Trinajstić information content (AvgIpc) is 2.50. The van der Waals surface area contributed by atoms with Gasteiger partial charge in [-0.3, -0.25) is 4.79 Å². The Labute approximate surface area is 161 Å². The molecule has 27 heavy (non-hydrogen) atoms. The highest BCUT2D eigenvalue weighted by Crippen LogP contribution is 2.20. The van der Waals surface area contributed by atoms with Gasteiger partial charge in [0.25, 0.3) is 0 Å². The highest BCUT2D eigenvalue weighted by Gasteiger charge is 2.36. The molecule has 0 aromatic carbocycles. The minimum Gasteiger partial charge on any atom is -0.741 e. The molecule has 0 fully saturated rings. The maximum Gasteiger partial charge on any atom is 0.485 e. The minimum atomic E-state index is -6.09. The summed E-state index contributed by atoms with van der Waals surface area (Å²) in [6.07, 6.45) is 4.76. The zero-order valence-corrected chi connectivity index (χ0v) is 17.5. The highest BCUT2D eigenvalue weighted by atomic mass is 32.2. The Morgan fingerprint density at radius 3 is 1.67 bits per heavy atom. The molecule has 0 saturated carbocycles. The summed E-state index contributed by atoms with van der Waals surface area (Å²) in [6.45, 7) is 17.9. The van der Waals surface area contributed by atoms with Crippen LogP contribution in [0.1, 0.15) is 53.4 Å². The highest BCUT2D eigenvalue weighted by molar-refractivity contribution is 7.86. The van der Waals surface area contributed by atoms with Gasteiger partial charge in [0, 0.05) is 18.5 Å². The number of carbonyl (C=O) groups is 1. The van der Waals surface area contributed by atoms with Crippen LogP contribution in [-0.4, -0.2) is 61.6 Å². The fourth-order valence-electron chi connectivity index (χ4n) is 2.86. The molecule has 0 unspecified atom stereocenters. The van der Waals surface area contributed by atoms with E-state index in [1.807, 2.05) is 0 Å². The largest absolute Gasteiger partial charge is 0.741 e. The van der Waals surface area contributed by atoms with E-state index in [-0.39, 0.29) is 5.91 Å². The number of rotatable bonds is 11. The number of halogens is 3. The lowest BCUT2D eigenvalue weighted by Gasteiger charge is -2.38. The Hall–Kier alpha value is -1.13. The summed E-state index contributed by atoms with van der Waals surface area (Å²) in [5.41, 5.74) is -5.05. The number of nitrogens with one attached hydrogen (secondary N) is 1. The smallest absolute Gasteiger partial charge is 0.485 e. The van der Waals surface area contributed by atoms with E-state index in [9.17, 15) is 18.0 Å². The zero-order valence-electron chi connectivity index (χ0n) is 16.7. The van der Waals surface area contributed by atoms with E-state index in [4.69, 9.17) is 13.0 Å². The van der Waals surface area contributed by atoms with E-state index in [0.717, 1.165) is 13.0 Å². The van der Waals surface area contributed by atoms with Gasteiger partial charge in [-0.15, -0.1) is 0 Å². The van der Waals surface area contributed by atoms with Gasteiger partial charge in [0.15, 0.2) is 10.1 Å². The lowest BCUT2D eigenvalue weighted by atomic mass is 10.2. The molecular weight excluding hydrogens is 385 g/mol. The van der Waals surface area contributed by atoms with Gasteiger partial charge in [-0.2, -0.15) is 13.2 Å². The number of quaternary nitrogens is 1. The van der Waals surface area contributed by atoms with Crippen molar-refractivity contribution in [1.82, 2.24) is 5.32 Å². The molecule has 0 aliphatic carbocycles. The van der Waals surface area contributed by atoms with Crippen molar-refractivity contribution < 1.29 is 35.4 Å². The average molecular weight is 419 g/mol. The molecule has 10 heteroatoms. The molecule has 0 rings (SSSR count). The summed E-state index contributed by atoms with van der Waals surface area (Å²) in [5.74, 6) is -0.0143. The Kier molecular flexibility index (Phi) is 13.6. The van der Waals surface area contributed by atoms with Crippen molar-refractivity contribution in [3.63, 3.8) is 0 Å². The SMILES string of the molecule is C=C(C)C(=O)NCCC[N+](CCC)(CCC)CCC.O=S(=O)([O-])C(F)(F)F. The Balaban J connectivity index is 0. The fourth-order valence-corrected chi connectivity index (χ4v) is 2.86. The zero-order chi connectivity index (χ0) is 21.7. The van der Waals surface area contributed by atoms with Crippen LogP contribution in [0.15, 0.2) is 12.2 Å². The minimum absolute atomic E-state index is 0.0143. The van der Waals surface area contributed by atoms with E-state index in [1.54, 1.807) is 6.92 Å². The summed E-state index contributed by atoms with van der Waals surface area (Å²) < 4.78 is 60.1. The predicted molar refractivity (Wildman–Crippen MR) is 98.8 cm³/mol. The van der Waals surface area contributed by atoms with E-state index in [2.05, 4.69) is 32.7 Å². The van der Waals surface area contributed by atoms with Crippen molar-refractivity contribution in [2.24, 2.45) is 0 Å². The van der Waals surface area contributed by atoms with Crippen LogP contribution in [0.3, 0.4) is 0 Å². The molecule has 0 aliphatic rings. The quantitative estimate of drug-likeness (QED) is 0.184. The molecule has 0 saturated heterocycles. The van der Waals surface area contributed by atoms with Gasteiger partial charge in [-0.05, 0) is 26.2 Å². The first kappa shape index (κ1) is 28.1. The lowest BCUT2D eigenvalue weighted by Crippen LogP contribution is -2.51. The number of amides is 1. The van der Waals surface area contributed by atoms with E-state index in [0.29, 0.717) is 5.57 Å². The van der Waals surface area contributed by atoms with Crippen LogP contribution in [0.25, 0.3) is 0 Å². The molecule has 1 N–H and O–H groups in total. The molecule has 0 heterocycles. The topological polar surface area (TPSA) is 86.3 Å². The Morgan fingerprint density at radius 1 is 1.04 bits per heavy atom. The van der Waals surface area contributed by atoms with Gasteiger partial charge < -0.3 is 14.4 Å². The second-order valence-electron chi connectivity index (χ2n) is 6.53. The summed E-state index contributed by atoms with van der Waals surface area (Å²) in [5, 5.41) is 2.93. The third-order valence-electron chi connectivity index (χ3n) is 3.86. The van der Waals surface area contributed by atoms with Crippen molar-refractivity contribution in [2.75, 3.05) is 32.7 Å². The van der Waals surface area contributed by atoms with Gasteiger partial charge >= 0.3 is 5.51 Å². The molecule has 0 radical (unpaired) electrons. The summed E-state index contributed by atoms with van der Waals surface area (Å²) >= 11 is 0. The number of nitrogens with zero attached hydrogens (tertiary/aromatic N) is 1. The number of hydrogen-bond acceptors (Lipinski definition) is 4. The molecule has 0 bridgehead atoms. The van der Waals surface area contributed by atoms with E-state index in [1.165, 1.54) is 49.9 Å².